The van der Waals surface area contributed by atoms with Crippen LogP contribution >= 0.6 is 0 Å². The number of carbonyl (C=O) groups is 2. The number of amides is 2. The van der Waals surface area contributed by atoms with Crippen molar-refractivity contribution in [2.75, 3.05) is 28.2 Å². The van der Waals surface area contributed by atoms with E-state index in [9.17, 15) is 18.0 Å². The molecule has 0 aliphatic heterocycles. The number of anilines is 3. The van der Waals surface area contributed by atoms with Gasteiger partial charge >= 0.3 is 0 Å². The zero-order chi connectivity index (χ0) is 19.9. The van der Waals surface area contributed by atoms with Crippen LogP contribution < -0.4 is 20.1 Å². The van der Waals surface area contributed by atoms with Crippen LogP contribution in [0.4, 0.5) is 17.1 Å². The molecule has 0 atom stereocenters. The maximum Gasteiger partial charge on any atom is 0.233 e. The number of nitrogens with one attached hydrogen (secondary N) is 3. The van der Waals surface area contributed by atoms with Gasteiger partial charge in [-0.3, -0.25) is 14.3 Å². The molecule has 0 unspecified atom stereocenters. The average Bonchev–Trinajstić information content (AvgIpc) is 2.60. The van der Waals surface area contributed by atoms with Gasteiger partial charge in [0.25, 0.3) is 0 Å². The van der Waals surface area contributed by atoms with Gasteiger partial charge in [0.05, 0.1) is 18.6 Å². The molecule has 2 amide bonds. The van der Waals surface area contributed by atoms with E-state index in [-0.39, 0.29) is 18.1 Å². The summed E-state index contributed by atoms with van der Waals surface area (Å²) >= 11 is 0. The zero-order valence-electron chi connectivity index (χ0n) is 15.0. The minimum Gasteiger partial charge on any atom is -0.497 e. The molecule has 0 spiro atoms. The fourth-order valence-electron chi connectivity index (χ4n) is 2.22. The number of carbonyl (C=O) groups excluding carboxylic acids is 2. The van der Waals surface area contributed by atoms with Gasteiger partial charge in [-0.25, -0.2) is 8.42 Å². The van der Waals surface area contributed by atoms with Gasteiger partial charge in [0.15, 0.2) is 0 Å². The first-order valence-corrected chi connectivity index (χ1v) is 9.75. The normalized spacial score (nSPS) is 10.7. The molecule has 0 heterocycles. The smallest absolute Gasteiger partial charge is 0.233 e. The van der Waals surface area contributed by atoms with Crippen molar-refractivity contribution in [2.45, 2.75) is 13.3 Å². The number of rotatable bonds is 8. The summed E-state index contributed by atoms with van der Waals surface area (Å²) in [7, 11) is -2.18. The highest BCUT2D eigenvalue weighted by Gasteiger charge is 2.14. The standard InChI is InChI=1S/C18H21N3O5S/c1-13(22)19-15-4-3-5-16(12-15)21-27(24,25)11-10-18(23)20-14-6-8-17(26-2)9-7-14/h3-9,12,21H,10-11H2,1-2H3,(H,19,22)(H,20,23). The van der Waals surface area contributed by atoms with Gasteiger partial charge in [-0.05, 0) is 42.5 Å². The molecule has 0 aliphatic rings. The fourth-order valence-corrected chi connectivity index (χ4v) is 3.26. The molecule has 27 heavy (non-hydrogen) atoms. The fraction of sp³-hybridized carbons (Fsp3) is 0.222. The van der Waals surface area contributed by atoms with Crippen molar-refractivity contribution in [2.24, 2.45) is 0 Å². The van der Waals surface area contributed by atoms with E-state index in [1.165, 1.54) is 20.1 Å². The van der Waals surface area contributed by atoms with Crippen LogP contribution in [-0.4, -0.2) is 33.1 Å². The first-order chi connectivity index (χ1) is 12.8. The number of sulfonamides is 1. The summed E-state index contributed by atoms with van der Waals surface area (Å²) in [5.41, 5.74) is 1.32. The molecule has 0 saturated heterocycles. The molecule has 0 aromatic heterocycles. The molecule has 3 N–H and O–H groups in total. The van der Waals surface area contributed by atoms with Gasteiger partial charge in [-0.15, -0.1) is 0 Å². The van der Waals surface area contributed by atoms with Crippen LogP contribution in [0.15, 0.2) is 48.5 Å². The number of hydrogen-bond acceptors (Lipinski definition) is 5. The molecule has 0 bridgehead atoms. The monoisotopic (exact) mass is 391 g/mol. The third kappa shape index (κ3) is 6.98. The van der Waals surface area contributed by atoms with Crippen molar-refractivity contribution in [1.29, 1.82) is 0 Å². The predicted molar refractivity (Wildman–Crippen MR) is 104 cm³/mol. The third-order valence-electron chi connectivity index (χ3n) is 3.43. The SMILES string of the molecule is COc1ccc(NC(=O)CCS(=O)(=O)Nc2cccc(NC(C)=O)c2)cc1. The van der Waals surface area contributed by atoms with Crippen LogP contribution in [0, 0.1) is 0 Å². The summed E-state index contributed by atoms with van der Waals surface area (Å²) in [5, 5.41) is 5.20. The molecule has 2 aromatic rings. The Hall–Kier alpha value is -3.07. The Morgan fingerprint density at radius 3 is 2.26 bits per heavy atom. The summed E-state index contributed by atoms with van der Waals surface area (Å²) in [5.74, 6) is -0.400. The molecule has 8 nitrogen and oxygen atoms in total. The molecule has 9 heteroatoms. The number of ether oxygens (including phenoxy) is 1. The molecule has 2 aromatic carbocycles. The van der Waals surface area contributed by atoms with Crippen LogP contribution in [0.5, 0.6) is 5.75 Å². The topological polar surface area (TPSA) is 114 Å². The molecule has 2 rings (SSSR count). The maximum atomic E-state index is 12.2. The zero-order valence-corrected chi connectivity index (χ0v) is 15.8. The van der Waals surface area contributed by atoms with Gasteiger partial charge < -0.3 is 15.4 Å². The second kappa shape index (κ2) is 9.04. The summed E-state index contributed by atoms with van der Waals surface area (Å²) in [4.78, 5) is 23.0. The van der Waals surface area contributed by atoms with E-state index in [4.69, 9.17) is 4.74 Å². The first kappa shape index (κ1) is 20.2. The molecular weight excluding hydrogens is 370 g/mol. The Kier molecular flexibility index (Phi) is 6.78. The van der Waals surface area contributed by atoms with E-state index in [0.29, 0.717) is 22.8 Å². The Balaban J connectivity index is 1.90. The summed E-state index contributed by atoms with van der Waals surface area (Å²) in [6.45, 7) is 1.36. The predicted octanol–water partition coefficient (Wildman–Crippen LogP) is 2.42. The molecule has 0 radical (unpaired) electrons. The van der Waals surface area contributed by atoms with Crippen molar-refractivity contribution in [3.8, 4) is 5.75 Å². The largest absolute Gasteiger partial charge is 0.497 e. The van der Waals surface area contributed by atoms with Crippen LogP contribution in [-0.2, 0) is 19.6 Å². The number of benzene rings is 2. The lowest BCUT2D eigenvalue weighted by Gasteiger charge is -2.10. The number of methoxy groups -OCH3 is 1. The molecule has 0 saturated carbocycles. The third-order valence-corrected chi connectivity index (χ3v) is 4.72. The molecule has 144 valence electrons. The van der Waals surface area contributed by atoms with E-state index in [1.54, 1.807) is 42.5 Å². The van der Waals surface area contributed by atoms with Gasteiger partial charge in [0, 0.05) is 24.7 Å². The molecule has 0 aliphatic carbocycles. The van der Waals surface area contributed by atoms with E-state index >= 15 is 0 Å². The van der Waals surface area contributed by atoms with E-state index in [0.717, 1.165) is 0 Å². The van der Waals surface area contributed by atoms with Crippen LogP contribution in [0.1, 0.15) is 13.3 Å². The van der Waals surface area contributed by atoms with Crippen molar-refractivity contribution in [1.82, 2.24) is 0 Å². The van der Waals surface area contributed by atoms with E-state index in [1.807, 2.05) is 0 Å². The van der Waals surface area contributed by atoms with Gasteiger partial charge in [0.1, 0.15) is 5.75 Å². The highest BCUT2D eigenvalue weighted by atomic mass is 32.2. The lowest BCUT2D eigenvalue weighted by Crippen LogP contribution is -2.22. The van der Waals surface area contributed by atoms with Crippen LogP contribution in [0.2, 0.25) is 0 Å². The minimum atomic E-state index is -3.72. The van der Waals surface area contributed by atoms with Crippen molar-refractivity contribution >= 4 is 38.9 Å². The highest BCUT2D eigenvalue weighted by molar-refractivity contribution is 7.92. The van der Waals surface area contributed by atoms with Crippen molar-refractivity contribution in [3.63, 3.8) is 0 Å². The Morgan fingerprint density at radius 2 is 1.63 bits per heavy atom. The highest BCUT2D eigenvalue weighted by Crippen LogP contribution is 2.17. The quantitative estimate of drug-likeness (QED) is 0.639. The summed E-state index contributed by atoms with van der Waals surface area (Å²) in [6, 6.07) is 13.0. The Morgan fingerprint density at radius 1 is 0.963 bits per heavy atom. The average molecular weight is 391 g/mol. The van der Waals surface area contributed by atoms with E-state index < -0.39 is 15.9 Å². The van der Waals surface area contributed by atoms with Crippen molar-refractivity contribution in [3.05, 3.63) is 48.5 Å². The Labute approximate surface area is 158 Å². The maximum absolute atomic E-state index is 12.2. The van der Waals surface area contributed by atoms with E-state index in [2.05, 4.69) is 15.4 Å². The summed E-state index contributed by atoms with van der Waals surface area (Å²) < 4.78 is 31.8. The van der Waals surface area contributed by atoms with Gasteiger partial charge in [-0.2, -0.15) is 0 Å². The van der Waals surface area contributed by atoms with Gasteiger partial charge in [0.2, 0.25) is 21.8 Å². The molecule has 0 fully saturated rings. The van der Waals surface area contributed by atoms with Crippen LogP contribution in [0.3, 0.4) is 0 Å². The second-order valence-electron chi connectivity index (χ2n) is 5.71. The Bertz CT molecular complexity index is 911. The number of hydrogen-bond donors (Lipinski definition) is 3. The molecular formula is C18H21N3O5S. The second-order valence-corrected chi connectivity index (χ2v) is 7.55. The van der Waals surface area contributed by atoms with Crippen molar-refractivity contribution < 1.29 is 22.7 Å². The lowest BCUT2D eigenvalue weighted by atomic mass is 10.3. The minimum absolute atomic E-state index is 0.202. The summed E-state index contributed by atoms with van der Waals surface area (Å²) in [6.07, 6.45) is -0.202. The first-order valence-electron chi connectivity index (χ1n) is 8.09. The van der Waals surface area contributed by atoms with Crippen LogP contribution in [0.25, 0.3) is 0 Å². The lowest BCUT2D eigenvalue weighted by molar-refractivity contribution is -0.116. The van der Waals surface area contributed by atoms with Gasteiger partial charge in [-0.1, -0.05) is 6.07 Å².